The van der Waals surface area contributed by atoms with Gasteiger partial charge in [-0.1, -0.05) is 0 Å². The van der Waals surface area contributed by atoms with Gasteiger partial charge < -0.3 is 5.32 Å². The lowest BCUT2D eigenvalue weighted by Gasteiger charge is -2.23. The molecule has 1 N–H and O–H groups in total. The standard InChI is InChI=1S/C18H17F4N3O3S/c19-13-3-5-15(6-4-13)29(27,28)25-9-1-2-16(25)17(26)24-11-14-10-12(7-8-23-14)18(20,21)22/h3-8,10,16H,1-2,9,11H2,(H,24,26)/t16-/m0/s1. The second-order valence-electron chi connectivity index (χ2n) is 6.48. The number of amides is 1. The van der Waals surface area contributed by atoms with E-state index >= 15 is 0 Å². The Balaban J connectivity index is 1.71. The van der Waals surface area contributed by atoms with Crippen LogP contribution in [0.1, 0.15) is 24.1 Å². The molecule has 1 aliphatic heterocycles. The summed E-state index contributed by atoms with van der Waals surface area (Å²) < 4.78 is 78.0. The van der Waals surface area contributed by atoms with Crippen molar-refractivity contribution in [1.29, 1.82) is 0 Å². The molecule has 1 aromatic carbocycles. The largest absolute Gasteiger partial charge is 0.416 e. The Morgan fingerprint density at radius 1 is 1.21 bits per heavy atom. The zero-order chi connectivity index (χ0) is 21.2. The molecular weight excluding hydrogens is 414 g/mol. The molecule has 1 amide bonds. The van der Waals surface area contributed by atoms with Gasteiger partial charge in [0.05, 0.1) is 22.7 Å². The lowest BCUT2D eigenvalue weighted by molar-refractivity contribution is -0.137. The summed E-state index contributed by atoms with van der Waals surface area (Å²) in [7, 11) is -4.02. The predicted octanol–water partition coefficient (Wildman–Crippen LogP) is 2.71. The Labute approximate surface area is 164 Å². The molecule has 0 unspecified atom stereocenters. The molecule has 156 valence electrons. The summed E-state index contributed by atoms with van der Waals surface area (Å²) in [6.45, 7) is -0.163. The molecule has 0 bridgehead atoms. The lowest BCUT2D eigenvalue weighted by atomic mass is 10.2. The molecule has 1 saturated heterocycles. The number of pyridine rings is 1. The second kappa shape index (κ2) is 8.07. The van der Waals surface area contributed by atoms with Crippen molar-refractivity contribution in [3.8, 4) is 0 Å². The number of nitrogens with zero attached hydrogens (tertiary/aromatic N) is 2. The molecule has 3 rings (SSSR count). The number of carbonyl (C=O) groups excluding carboxylic acids is 1. The molecule has 2 heterocycles. The zero-order valence-electron chi connectivity index (χ0n) is 15.0. The van der Waals surface area contributed by atoms with Crippen LogP contribution in [0.5, 0.6) is 0 Å². The van der Waals surface area contributed by atoms with Crippen LogP contribution in [0.2, 0.25) is 0 Å². The number of aromatic nitrogens is 1. The van der Waals surface area contributed by atoms with E-state index in [9.17, 15) is 30.8 Å². The van der Waals surface area contributed by atoms with Crippen LogP contribution >= 0.6 is 0 Å². The number of hydrogen-bond donors (Lipinski definition) is 1. The average Bonchev–Trinajstić information content (AvgIpc) is 3.17. The van der Waals surface area contributed by atoms with E-state index in [1.807, 2.05) is 0 Å². The third-order valence-corrected chi connectivity index (χ3v) is 6.44. The maximum atomic E-state index is 13.1. The molecule has 6 nitrogen and oxygen atoms in total. The summed E-state index contributed by atoms with van der Waals surface area (Å²) in [5.74, 6) is -1.22. The van der Waals surface area contributed by atoms with Crippen LogP contribution in [0, 0.1) is 5.82 Å². The van der Waals surface area contributed by atoms with Crippen LogP contribution in [-0.2, 0) is 27.5 Å². The number of benzene rings is 1. The third kappa shape index (κ3) is 4.73. The van der Waals surface area contributed by atoms with E-state index in [0.717, 1.165) is 46.9 Å². The van der Waals surface area contributed by atoms with Crippen molar-refractivity contribution in [1.82, 2.24) is 14.6 Å². The van der Waals surface area contributed by atoms with E-state index in [4.69, 9.17) is 0 Å². The van der Waals surface area contributed by atoms with Gasteiger partial charge in [0.25, 0.3) is 0 Å². The number of carbonyl (C=O) groups is 1. The van der Waals surface area contributed by atoms with E-state index in [1.54, 1.807) is 0 Å². The van der Waals surface area contributed by atoms with Gasteiger partial charge in [0.1, 0.15) is 11.9 Å². The molecule has 0 saturated carbocycles. The van der Waals surface area contributed by atoms with E-state index in [2.05, 4.69) is 10.3 Å². The highest BCUT2D eigenvalue weighted by molar-refractivity contribution is 7.89. The first-order chi connectivity index (χ1) is 13.6. The number of nitrogens with one attached hydrogen (secondary N) is 1. The van der Waals surface area contributed by atoms with Crippen LogP contribution in [-0.4, -0.2) is 36.2 Å². The van der Waals surface area contributed by atoms with E-state index in [-0.39, 0.29) is 30.1 Å². The van der Waals surface area contributed by atoms with Crippen molar-refractivity contribution in [3.05, 3.63) is 59.7 Å². The molecule has 1 aliphatic rings. The van der Waals surface area contributed by atoms with Crippen molar-refractivity contribution in [2.45, 2.75) is 36.5 Å². The van der Waals surface area contributed by atoms with Gasteiger partial charge in [-0.2, -0.15) is 17.5 Å². The van der Waals surface area contributed by atoms with Gasteiger partial charge >= 0.3 is 6.18 Å². The molecule has 1 atom stereocenters. The molecule has 2 aromatic rings. The molecule has 0 aliphatic carbocycles. The minimum absolute atomic E-state index is 0.000821. The highest BCUT2D eigenvalue weighted by atomic mass is 32.2. The Bertz CT molecular complexity index is 994. The van der Waals surface area contributed by atoms with Crippen molar-refractivity contribution in [3.63, 3.8) is 0 Å². The fourth-order valence-electron chi connectivity index (χ4n) is 3.08. The van der Waals surface area contributed by atoms with Crippen molar-refractivity contribution in [2.24, 2.45) is 0 Å². The predicted molar refractivity (Wildman–Crippen MR) is 94.4 cm³/mol. The quantitative estimate of drug-likeness (QED) is 0.739. The molecule has 1 fully saturated rings. The van der Waals surface area contributed by atoms with Crippen LogP contribution in [0.3, 0.4) is 0 Å². The van der Waals surface area contributed by atoms with Gasteiger partial charge in [0.2, 0.25) is 15.9 Å². The zero-order valence-corrected chi connectivity index (χ0v) is 15.8. The van der Waals surface area contributed by atoms with Crippen LogP contribution < -0.4 is 5.32 Å². The van der Waals surface area contributed by atoms with E-state index in [0.29, 0.717) is 6.42 Å². The molecule has 11 heteroatoms. The first kappa shape index (κ1) is 21.2. The fourth-order valence-corrected chi connectivity index (χ4v) is 4.73. The second-order valence-corrected chi connectivity index (χ2v) is 8.37. The molecular formula is C18H17F4N3O3S. The summed E-state index contributed by atoms with van der Waals surface area (Å²) in [5, 5.41) is 2.45. The van der Waals surface area contributed by atoms with Gasteiger partial charge in [-0.15, -0.1) is 0 Å². The summed E-state index contributed by atoms with van der Waals surface area (Å²) >= 11 is 0. The van der Waals surface area contributed by atoms with Gasteiger partial charge in [0.15, 0.2) is 0 Å². The minimum Gasteiger partial charge on any atom is -0.349 e. The Kier molecular flexibility index (Phi) is 5.90. The minimum atomic E-state index is -4.53. The lowest BCUT2D eigenvalue weighted by Crippen LogP contribution is -2.45. The SMILES string of the molecule is O=C(NCc1cc(C(F)(F)F)ccn1)[C@@H]1CCCN1S(=O)(=O)c1ccc(F)cc1. The maximum Gasteiger partial charge on any atom is 0.416 e. The number of halogens is 4. The van der Waals surface area contributed by atoms with Gasteiger partial charge in [-0.25, -0.2) is 12.8 Å². The summed E-state index contributed by atoms with van der Waals surface area (Å²) in [4.78, 5) is 16.2. The first-order valence-corrected chi connectivity index (χ1v) is 10.1. The van der Waals surface area contributed by atoms with Crippen LogP contribution in [0.25, 0.3) is 0 Å². The van der Waals surface area contributed by atoms with Crippen molar-refractivity contribution < 1.29 is 30.8 Å². The third-order valence-electron chi connectivity index (χ3n) is 4.51. The van der Waals surface area contributed by atoms with E-state index in [1.165, 1.54) is 0 Å². The van der Waals surface area contributed by atoms with E-state index < -0.39 is 39.5 Å². The Morgan fingerprint density at radius 3 is 2.55 bits per heavy atom. The normalized spacial score (nSPS) is 18.0. The Hall–Kier alpha value is -2.53. The Morgan fingerprint density at radius 2 is 1.90 bits per heavy atom. The summed E-state index contributed by atoms with van der Waals surface area (Å²) in [6.07, 6.45) is -2.83. The summed E-state index contributed by atoms with van der Waals surface area (Å²) in [6, 6.07) is 4.89. The van der Waals surface area contributed by atoms with Gasteiger partial charge in [-0.05, 0) is 49.2 Å². The molecule has 29 heavy (non-hydrogen) atoms. The molecule has 1 aromatic heterocycles. The number of hydrogen-bond acceptors (Lipinski definition) is 4. The molecule has 0 radical (unpaired) electrons. The maximum absolute atomic E-state index is 13.1. The monoisotopic (exact) mass is 431 g/mol. The number of rotatable bonds is 5. The number of sulfonamides is 1. The van der Waals surface area contributed by atoms with Crippen LogP contribution in [0.4, 0.5) is 17.6 Å². The molecule has 0 spiro atoms. The van der Waals surface area contributed by atoms with Crippen molar-refractivity contribution >= 4 is 15.9 Å². The van der Waals surface area contributed by atoms with Gasteiger partial charge in [0, 0.05) is 12.7 Å². The topological polar surface area (TPSA) is 79.4 Å². The van der Waals surface area contributed by atoms with Crippen LogP contribution in [0.15, 0.2) is 47.5 Å². The highest BCUT2D eigenvalue weighted by Crippen LogP contribution is 2.29. The number of alkyl halides is 3. The smallest absolute Gasteiger partial charge is 0.349 e. The average molecular weight is 431 g/mol. The van der Waals surface area contributed by atoms with Crippen molar-refractivity contribution in [2.75, 3.05) is 6.54 Å². The first-order valence-electron chi connectivity index (χ1n) is 8.66. The summed E-state index contributed by atoms with van der Waals surface area (Å²) in [5.41, 5.74) is -0.891. The fraction of sp³-hybridized carbons (Fsp3) is 0.333. The highest BCUT2D eigenvalue weighted by Gasteiger charge is 2.39. The van der Waals surface area contributed by atoms with Gasteiger partial charge in [-0.3, -0.25) is 9.78 Å².